The highest BCUT2D eigenvalue weighted by atomic mass is 79.9. The van der Waals surface area contributed by atoms with Gasteiger partial charge >= 0.3 is 0 Å². The van der Waals surface area contributed by atoms with Gasteiger partial charge in [0.05, 0.1) is 5.69 Å². The number of allylic oxidation sites excluding steroid dienone is 1. The van der Waals surface area contributed by atoms with Gasteiger partial charge in [-0.05, 0) is 24.3 Å². The Morgan fingerprint density at radius 1 is 1.13 bits per heavy atom. The fourth-order valence-corrected chi connectivity index (χ4v) is 3.04. The second-order valence-electron chi connectivity index (χ2n) is 4.72. The second kappa shape index (κ2) is 7.23. The number of benzene rings is 2. The molecule has 2 aromatic carbocycles. The Hall–Kier alpha value is -2.42. The van der Waals surface area contributed by atoms with Crippen LogP contribution in [0.2, 0.25) is 0 Å². The third-order valence-corrected chi connectivity index (χ3v) is 4.56. The van der Waals surface area contributed by atoms with Gasteiger partial charge in [-0.15, -0.1) is 11.3 Å². The van der Waals surface area contributed by atoms with Crippen molar-refractivity contribution < 1.29 is 0 Å². The zero-order chi connectivity index (χ0) is 16.1. The predicted molar refractivity (Wildman–Crippen MR) is 98.9 cm³/mol. The van der Waals surface area contributed by atoms with Crippen LogP contribution in [-0.4, -0.2) is 4.98 Å². The highest BCUT2D eigenvalue weighted by Crippen LogP contribution is 2.27. The van der Waals surface area contributed by atoms with Crippen LogP contribution in [-0.2, 0) is 0 Å². The molecule has 0 fully saturated rings. The molecule has 0 unspecified atom stereocenters. The van der Waals surface area contributed by atoms with E-state index in [0.29, 0.717) is 10.6 Å². The van der Waals surface area contributed by atoms with Crippen LogP contribution in [0.1, 0.15) is 5.01 Å². The Morgan fingerprint density at radius 2 is 1.87 bits per heavy atom. The van der Waals surface area contributed by atoms with Gasteiger partial charge in [0, 0.05) is 27.3 Å². The third-order valence-electron chi connectivity index (χ3n) is 3.15. The van der Waals surface area contributed by atoms with Gasteiger partial charge in [-0.1, -0.05) is 46.3 Å². The first-order valence-corrected chi connectivity index (χ1v) is 8.57. The summed E-state index contributed by atoms with van der Waals surface area (Å²) in [4.78, 5) is 4.57. The molecule has 1 aromatic heterocycles. The lowest BCUT2D eigenvalue weighted by Crippen LogP contribution is -1.90. The van der Waals surface area contributed by atoms with Gasteiger partial charge in [0.15, 0.2) is 0 Å². The van der Waals surface area contributed by atoms with Crippen LogP contribution >= 0.6 is 27.3 Å². The lowest BCUT2D eigenvalue weighted by atomic mass is 10.2. The van der Waals surface area contributed by atoms with Gasteiger partial charge < -0.3 is 5.32 Å². The highest BCUT2D eigenvalue weighted by molar-refractivity contribution is 9.10. The van der Waals surface area contributed by atoms with Crippen molar-refractivity contribution in [2.75, 3.05) is 5.32 Å². The zero-order valence-corrected chi connectivity index (χ0v) is 14.4. The quantitative estimate of drug-likeness (QED) is 0.602. The van der Waals surface area contributed by atoms with Gasteiger partial charge in [-0.2, -0.15) is 5.26 Å². The molecule has 0 saturated carbocycles. The van der Waals surface area contributed by atoms with Gasteiger partial charge in [0.1, 0.15) is 16.6 Å². The van der Waals surface area contributed by atoms with Crippen LogP contribution in [0.4, 0.5) is 5.69 Å². The molecule has 1 N–H and O–H groups in total. The van der Waals surface area contributed by atoms with Crippen molar-refractivity contribution in [2.24, 2.45) is 0 Å². The molecule has 0 aliphatic carbocycles. The number of hydrogen-bond acceptors (Lipinski definition) is 4. The number of aromatic nitrogens is 1. The number of nitrogens with zero attached hydrogens (tertiary/aromatic N) is 2. The Kier molecular flexibility index (Phi) is 4.86. The molecule has 0 saturated heterocycles. The predicted octanol–water partition coefficient (Wildman–Crippen LogP) is 5.55. The molecule has 0 aliphatic rings. The number of para-hydroxylation sites is 1. The Morgan fingerprint density at radius 3 is 2.57 bits per heavy atom. The fourth-order valence-electron chi connectivity index (χ4n) is 1.98. The summed E-state index contributed by atoms with van der Waals surface area (Å²) in [5.41, 5.74) is 3.36. The number of rotatable bonds is 4. The van der Waals surface area contributed by atoms with E-state index in [4.69, 9.17) is 0 Å². The SMILES string of the molecule is N#CC(=CNc1ccccc1)c1nc(-c2ccc(Br)cc2)cs1. The van der Waals surface area contributed by atoms with E-state index >= 15 is 0 Å². The maximum Gasteiger partial charge on any atom is 0.136 e. The van der Waals surface area contributed by atoms with Crippen molar-refractivity contribution in [1.82, 2.24) is 4.98 Å². The van der Waals surface area contributed by atoms with Crippen LogP contribution in [0.5, 0.6) is 0 Å². The summed E-state index contributed by atoms with van der Waals surface area (Å²) in [7, 11) is 0. The monoisotopic (exact) mass is 381 g/mol. The van der Waals surface area contributed by atoms with E-state index in [9.17, 15) is 5.26 Å². The smallest absolute Gasteiger partial charge is 0.136 e. The van der Waals surface area contributed by atoms with Crippen molar-refractivity contribution >= 4 is 38.5 Å². The number of thiazole rings is 1. The Balaban J connectivity index is 1.83. The summed E-state index contributed by atoms with van der Waals surface area (Å²) in [6.07, 6.45) is 1.69. The number of anilines is 1. The molecule has 5 heteroatoms. The first-order chi connectivity index (χ1) is 11.3. The first kappa shape index (κ1) is 15.5. The lowest BCUT2D eigenvalue weighted by molar-refractivity contribution is 1.36. The molecule has 23 heavy (non-hydrogen) atoms. The summed E-state index contributed by atoms with van der Waals surface area (Å²) in [6, 6.07) is 19.9. The fraction of sp³-hybridized carbons (Fsp3) is 0. The minimum absolute atomic E-state index is 0.516. The van der Waals surface area contributed by atoms with Crippen LogP contribution in [0, 0.1) is 11.3 Å². The Bertz CT molecular complexity index is 861. The minimum Gasteiger partial charge on any atom is -0.360 e. The molecule has 0 spiro atoms. The van der Waals surface area contributed by atoms with E-state index < -0.39 is 0 Å². The van der Waals surface area contributed by atoms with Crippen molar-refractivity contribution in [3.63, 3.8) is 0 Å². The van der Waals surface area contributed by atoms with Crippen LogP contribution in [0.3, 0.4) is 0 Å². The molecule has 0 bridgehead atoms. The average molecular weight is 382 g/mol. The summed E-state index contributed by atoms with van der Waals surface area (Å²) >= 11 is 4.88. The number of halogens is 1. The molecular formula is C18H12BrN3S. The van der Waals surface area contributed by atoms with E-state index in [1.54, 1.807) is 6.20 Å². The molecule has 3 rings (SSSR count). The van der Waals surface area contributed by atoms with E-state index in [0.717, 1.165) is 21.4 Å². The summed E-state index contributed by atoms with van der Waals surface area (Å²) < 4.78 is 1.03. The topological polar surface area (TPSA) is 48.7 Å². The maximum absolute atomic E-state index is 9.38. The molecule has 3 aromatic rings. The second-order valence-corrected chi connectivity index (χ2v) is 6.50. The Labute approximate surface area is 147 Å². The van der Waals surface area contributed by atoms with Gasteiger partial charge in [0.2, 0.25) is 0 Å². The zero-order valence-electron chi connectivity index (χ0n) is 12.0. The maximum atomic E-state index is 9.38. The van der Waals surface area contributed by atoms with Crippen molar-refractivity contribution in [2.45, 2.75) is 0 Å². The molecule has 0 atom stereocenters. The highest BCUT2D eigenvalue weighted by Gasteiger charge is 2.08. The summed E-state index contributed by atoms with van der Waals surface area (Å²) in [5.74, 6) is 0. The molecular weight excluding hydrogens is 370 g/mol. The summed E-state index contributed by atoms with van der Waals surface area (Å²) in [6.45, 7) is 0. The van der Waals surface area contributed by atoms with Crippen molar-refractivity contribution in [1.29, 1.82) is 5.26 Å². The van der Waals surface area contributed by atoms with Crippen molar-refractivity contribution in [3.05, 3.63) is 75.7 Å². The number of hydrogen-bond donors (Lipinski definition) is 1. The number of nitriles is 1. The normalized spacial score (nSPS) is 11.0. The molecule has 1 heterocycles. The van der Waals surface area contributed by atoms with Gasteiger partial charge in [0.25, 0.3) is 0 Å². The lowest BCUT2D eigenvalue weighted by Gasteiger charge is -2.00. The molecule has 3 nitrogen and oxygen atoms in total. The minimum atomic E-state index is 0.516. The first-order valence-electron chi connectivity index (χ1n) is 6.90. The van der Waals surface area contributed by atoms with Crippen molar-refractivity contribution in [3.8, 4) is 17.3 Å². The van der Waals surface area contributed by atoms with E-state index in [1.165, 1.54) is 11.3 Å². The van der Waals surface area contributed by atoms with Gasteiger partial charge in [-0.3, -0.25) is 0 Å². The average Bonchev–Trinajstić information content (AvgIpc) is 3.07. The molecule has 112 valence electrons. The van der Waals surface area contributed by atoms with E-state index in [2.05, 4.69) is 32.3 Å². The van der Waals surface area contributed by atoms with Crippen LogP contribution in [0.15, 0.2) is 70.7 Å². The molecule has 0 aliphatic heterocycles. The van der Waals surface area contributed by atoms with Crippen LogP contribution in [0.25, 0.3) is 16.8 Å². The third kappa shape index (κ3) is 3.86. The summed E-state index contributed by atoms with van der Waals surface area (Å²) in [5, 5.41) is 15.2. The number of nitrogens with one attached hydrogen (secondary N) is 1. The molecule has 0 amide bonds. The van der Waals surface area contributed by atoms with E-state index in [-0.39, 0.29) is 0 Å². The van der Waals surface area contributed by atoms with Crippen LogP contribution < -0.4 is 5.32 Å². The van der Waals surface area contributed by atoms with E-state index in [1.807, 2.05) is 60.0 Å². The van der Waals surface area contributed by atoms with Gasteiger partial charge in [-0.25, -0.2) is 4.98 Å². The standard InChI is InChI=1S/C18H12BrN3S/c19-15-8-6-13(7-9-15)17-12-23-18(22-17)14(10-20)11-21-16-4-2-1-3-5-16/h1-9,11-12,21H. The molecule has 0 radical (unpaired) electrons. The largest absolute Gasteiger partial charge is 0.360 e.